The molecule has 0 spiro atoms. The summed E-state index contributed by atoms with van der Waals surface area (Å²) in [5.74, 6) is 1.10. The van der Waals surface area contributed by atoms with Crippen LogP contribution in [0.2, 0.25) is 5.02 Å². The molecule has 0 unspecified atom stereocenters. The molecular formula is C22H27ClN2O4. The first-order chi connectivity index (χ1) is 13.7. The highest BCUT2D eigenvalue weighted by Gasteiger charge is 2.15. The Labute approximate surface area is 176 Å². The van der Waals surface area contributed by atoms with Gasteiger partial charge in [0.1, 0.15) is 0 Å². The predicted octanol–water partition coefficient (Wildman–Crippen LogP) is 4.73. The maximum atomic E-state index is 12.6. The molecule has 0 saturated heterocycles. The molecule has 2 rings (SSSR count). The van der Waals surface area contributed by atoms with Gasteiger partial charge in [0.25, 0.3) is 11.8 Å². The van der Waals surface area contributed by atoms with Gasteiger partial charge in [0.05, 0.1) is 24.3 Å². The summed E-state index contributed by atoms with van der Waals surface area (Å²) < 4.78 is 11.1. The number of nitrogens with one attached hydrogen (secondary N) is 1. The molecule has 0 radical (unpaired) electrons. The molecule has 0 aliphatic rings. The van der Waals surface area contributed by atoms with Gasteiger partial charge >= 0.3 is 0 Å². The maximum absolute atomic E-state index is 12.6. The third-order valence-electron chi connectivity index (χ3n) is 4.24. The molecule has 0 bridgehead atoms. The average molecular weight is 419 g/mol. The van der Waals surface area contributed by atoms with E-state index in [1.54, 1.807) is 50.5 Å². The zero-order chi connectivity index (χ0) is 21.6. The number of carbonyl (C=O) groups is 2. The monoisotopic (exact) mass is 418 g/mol. The number of methoxy groups -OCH3 is 1. The van der Waals surface area contributed by atoms with Crippen LogP contribution in [0.25, 0.3) is 0 Å². The fourth-order valence-corrected chi connectivity index (χ4v) is 2.80. The minimum Gasteiger partial charge on any atom is -0.493 e. The normalized spacial score (nSPS) is 10.6. The van der Waals surface area contributed by atoms with Gasteiger partial charge in [-0.15, -0.1) is 0 Å². The minimum absolute atomic E-state index is 0.203. The molecule has 29 heavy (non-hydrogen) atoms. The minimum atomic E-state index is -0.320. The van der Waals surface area contributed by atoms with Crippen LogP contribution in [0.5, 0.6) is 11.5 Å². The number of carbonyl (C=O) groups excluding carboxylic acids is 2. The van der Waals surface area contributed by atoms with E-state index in [-0.39, 0.29) is 16.8 Å². The van der Waals surface area contributed by atoms with E-state index < -0.39 is 0 Å². The highest BCUT2D eigenvalue weighted by Crippen LogP contribution is 2.29. The molecule has 0 fully saturated rings. The Morgan fingerprint density at radius 1 is 1.10 bits per heavy atom. The van der Waals surface area contributed by atoms with Crippen molar-refractivity contribution in [2.24, 2.45) is 5.92 Å². The average Bonchev–Trinajstić information content (AvgIpc) is 2.67. The molecule has 1 N–H and O–H groups in total. The van der Waals surface area contributed by atoms with E-state index in [0.717, 1.165) is 6.42 Å². The Hall–Kier alpha value is -2.73. The highest BCUT2D eigenvalue weighted by molar-refractivity contribution is 6.34. The molecule has 0 aliphatic carbocycles. The molecule has 2 amide bonds. The molecule has 0 heterocycles. The molecule has 2 aromatic rings. The quantitative estimate of drug-likeness (QED) is 0.673. The summed E-state index contributed by atoms with van der Waals surface area (Å²) in [4.78, 5) is 26.1. The van der Waals surface area contributed by atoms with Crippen molar-refractivity contribution in [1.29, 1.82) is 0 Å². The first-order valence-corrected chi connectivity index (χ1v) is 9.74. The Morgan fingerprint density at radius 2 is 1.83 bits per heavy atom. The zero-order valence-electron chi connectivity index (χ0n) is 17.4. The van der Waals surface area contributed by atoms with Crippen LogP contribution in [-0.4, -0.2) is 44.5 Å². The van der Waals surface area contributed by atoms with Crippen LogP contribution in [0.15, 0.2) is 36.4 Å². The smallest absolute Gasteiger partial charge is 0.255 e. The predicted molar refractivity (Wildman–Crippen MR) is 115 cm³/mol. The standard InChI is InChI=1S/C22H27ClN2O4/c1-14(2)10-11-29-19-9-6-15(12-20(19)28-5)21(26)24-16-7-8-17(18(23)13-16)22(27)25(3)4/h6-9,12-14H,10-11H2,1-5H3,(H,24,26). The molecule has 2 aromatic carbocycles. The summed E-state index contributed by atoms with van der Waals surface area (Å²) in [7, 11) is 4.84. The summed E-state index contributed by atoms with van der Waals surface area (Å²) >= 11 is 6.20. The van der Waals surface area contributed by atoms with Crippen molar-refractivity contribution in [2.75, 3.05) is 33.1 Å². The molecule has 0 atom stereocenters. The molecule has 6 nitrogen and oxygen atoms in total. The van der Waals surface area contributed by atoms with E-state index >= 15 is 0 Å². The third-order valence-corrected chi connectivity index (χ3v) is 4.55. The summed E-state index contributed by atoms with van der Waals surface area (Å²) in [6.45, 7) is 4.84. The van der Waals surface area contributed by atoms with E-state index in [1.807, 2.05) is 0 Å². The second kappa shape index (κ2) is 10.2. The summed E-state index contributed by atoms with van der Waals surface area (Å²) in [6.07, 6.45) is 0.929. The Morgan fingerprint density at radius 3 is 2.41 bits per heavy atom. The van der Waals surface area contributed by atoms with Crippen molar-refractivity contribution in [1.82, 2.24) is 4.90 Å². The topological polar surface area (TPSA) is 67.9 Å². The maximum Gasteiger partial charge on any atom is 0.255 e. The van der Waals surface area contributed by atoms with Crippen LogP contribution in [0, 0.1) is 5.92 Å². The van der Waals surface area contributed by atoms with Crippen molar-refractivity contribution in [3.8, 4) is 11.5 Å². The lowest BCUT2D eigenvalue weighted by molar-refractivity contribution is 0.0827. The SMILES string of the molecule is COc1cc(C(=O)Nc2ccc(C(=O)N(C)C)c(Cl)c2)ccc1OCCC(C)C. The molecular weight excluding hydrogens is 392 g/mol. The largest absolute Gasteiger partial charge is 0.493 e. The lowest BCUT2D eigenvalue weighted by atomic mass is 10.1. The number of hydrogen-bond acceptors (Lipinski definition) is 4. The number of nitrogens with zero attached hydrogens (tertiary/aromatic N) is 1. The number of amides is 2. The van der Waals surface area contributed by atoms with Crippen LogP contribution in [-0.2, 0) is 0 Å². The van der Waals surface area contributed by atoms with Gasteiger partial charge in [-0.3, -0.25) is 9.59 Å². The van der Waals surface area contributed by atoms with Crippen molar-refractivity contribution >= 4 is 29.1 Å². The van der Waals surface area contributed by atoms with Crippen LogP contribution >= 0.6 is 11.6 Å². The second-order valence-electron chi connectivity index (χ2n) is 7.24. The first kappa shape index (κ1) is 22.6. The van der Waals surface area contributed by atoms with Gasteiger partial charge in [0.2, 0.25) is 0 Å². The highest BCUT2D eigenvalue weighted by atomic mass is 35.5. The first-order valence-electron chi connectivity index (χ1n) is 9.36. The second-order valence-corrected chi connectivity index (χ2v) is 7.65. The number of rotatable bonds is 8. The van der Waals surface area contributed by atoms with Crippen molar-refractivity contribution in [3.63, 3.8) is 0 Å². The number of ether oxygens (including phenoxy) is 2. The van der Waals surface area contributed by atoms with E-state index in [2.05, 4.69) is 19.2 Å². The summed E-state index contributed by atoms with van der Waals surface area (Å²) in [5.41, 5.74) is 1.29. The summed E-state index contributed by atoms with van der Waals surface area (Å²) in [6, 6.07) is 9.81. The zero-order valence-corrected chi connectivity index (χ0v) is 18.2. The van der Waals surface area contributed by atoms with Gasteiger partial charge in [-0.1, -0.05) is 25.4 Å². The fourth-order valence-electron chi connectivity index (χ4n) is 2.54. The van der Waals surface area contributed by atoms with Gasteiger partial charge in [-0.25, -0.2) is 0 Å². The van der Waals surface area contributed by atoms with Gasteiger partial charge in [0.15, 0.2) is 11.5 Å². The van der Waals surface area contributed by atoms with E-state index in [1.165, 1.54) is 12.0 Å². The number of hydrogen-bond donors (Lipinski definition) is 1. The van der Waals surface area contributed by atoms with Crippen LogP contribution in [0.1, 0.15) is 41.0 Å². The molecule has 7 heteroatoms. The molecule has 0 saturated carbocycles. The van der Waals surface area contributed by atoms with Gasteiger partial charge in [-0.05, 0) is 48.7 Å². The van der Waals surface area contributed by atoms with Gasteiger partial charge < -0.3 is 19.7 Å². The Balaban J connectivity index is 2.12. The Bertz CT molecular complexity index is 881. The van der Waals surface area contributed by atoms with Crippen LogP contribution < -0.4 is 14.8 Å². The van der Waals surface area contributed by atoms with Crippen molar-refractivity contribution < 1.29 is 19.1 Å². The van der Waals surface area contributed by atoms with E-state index in [0.29, 0.717) is 40.8 Å². The molecule has 156 valence electrons. The van der Waals surface area contributed by atoms with E-state index in [4.69, 9.17) is 21.1 Å². The number of halogens is 1. The third kappa shape index (κ3) is 6.12. The van der Waals surface area contributed by atoms with Gasteiger partial charge in [0, 0.05) is 25.3 Å². The van der Waals surface area contributed by atoms with Crippen molar-refractivity contribution in [2.45, 2.75) is 20.3 Å². The number of anilines is 1. The van der Waals surface area contributed by atoms with Crippen LogP contribution in [0.3, 0.4) is 0 Å². The van der Waals surface area contributed by atoms with Gasteiger partial charge in [-0.2, -0.15) is 0 Å². The lowest BCUT2D eigenvalue weighted by Gasteiger charge is -2.14. The summed E-state index contributed by atoms with van der Waals surface area (Å²) in [5, 5.41) is 3.05. The van der Waals surface area contributed by atoms with Crippen molar-refractivity contribution in [3.05, 3.63) is 52.5 Å². The van der Waals surface area contributed by atoms with Crippen LogP contribution in [0.4, 0.5) is 5.69 Å². The number of benzene rings is 2. The van der Waals surface area contributed by atoms with E-state index in [9.17, 15) is 9.59 Å². The Kier molecular flexibility index (Phi) is 7.91. The molecule has 0 aromatic heterocycles. The molecule has 0 aliphatic heterocycles. The lowest BCUT2D eigenvalue weighted by Crippen LogP contribution is -2.22. The fraction of sp³-hybridized carbons (Fsp3) is 0.364.